The van der Waals surface area contributed by atoms with Gasteiger partial charge < -0.3 is 14.9 Å². The van der Waals surface area contributed by atoms with E-state index in [1.54, 1.807) is 26.8 Å². The molecule has 0 radical (unpaired) electrons. The molecule has 0 saturated heterocycles. The van der Waals surface area contributed by atoms with Crippen molar-refractivity contribution in [3.8, 4) is 0 Å². The predicted molar refractivity (Wildman–Crippen MR) is 137 cm³/mol. The molecule has 3 N–H and O–H groups in total. The fraction of sp³-hybridized carbons (Fsp3) is 0.769. The van der Waals surface area contributed by atoms with Crippen LogP contribution in [0.4, 0.5) is 0 Å². The number of allylic oxidation sites excluding steroid dienone is 2. The Balaban J connectivity index is 2.76. The van der Waals surface area contributed by atoms with Crippen LogP contribution >= 0.6 is 0 Å². The topological polar surface area (TPSA) is 130 Å². The van der Waals surface area contributed by atoms with Crippen LogP contribution in [0.15, 0.2) is 24.3 Å². The van der Waals surface area contributed by atoms with Crippen LogP contribution < -0.4 is 4.72 Å². The first-order valence-corrected chi connectivity index (χ1v) is 14.5. The van der Waals surface area contributed by atoms with E-state index in [-0.39, 0.29) is 24.2 Å². The molecule has 5 atom stereocenters. The Hall–Kier alpha value is -1.71. The highest BCUT2D eigenvalue weighted by Crippen LogP contribution is 2.39. The molecule has 8 nitrogen and oxygen atoms in total. The lowest BCUT2D eigenvalue weighted by Gasteiger charge is -2.25. The van der Waals surface area contributed by atoms with Crippen molar-refractivity contribution in [1.29, 1.82) is 0 Å². The summed E-state index contributed by atoms with van der Waals surface area (Å²) >= 11 is 0. The molecule has 0 bridgehead atoms. The van der Waals surface area contributed by atoms with Crippen molar-refractivity contribution in [2.75, 3.05) is 6.26 Å². The van der Waals surface area contributed by atoms with E-state index in [1.807, 2.05) is 23.0 Å². The Bertz CT molecular complexity index is 829. The van der Waals surface area contributed by atoms with Gasteiger partial charge in [0, 0.05) is 18.8 Å². The molecule has 202 valence electrons. The highest BCUT2D eigenvalue weighted by molar-refractivity contribution is 7.89. The molecule has 0 spiro atoms. The third kappa shape index (κ3) is 12.7. The van der Waals surface area contributed by atoms with Crippen molar-refractivity contribution in [3.63, 3.8) is 0 Å². The van der Waals surface area contributed by atoms with E-state index in [9.17, 15) is 28.2 Å². The van der Waals surface area contributed by atoms with E-state index < -0.39 is 39.7 Å². The second kappa shape index (κ2) is 14.8. The lowest BCUT2D eigenvalue weighted by molar-refractivity contribution is -0.160. The van der Waals surface area contributed by atoms with E-state index in [0.717, 1.165) is 25.5 Å². The van der Waals surface area contributed by atoms with Crippen LogP contribution in [0.2, 0.25) is 0 Å². The van der Waals surface area contributed by atoms with E-state index in [1.165, 1.54) is 0 Å². The van der Waals surface area contributed by atoms with Crippen LogP contribution in [0.25, 0.3) is 0 Å². The van der Waals surface area contributed by atoms with Gasteiger partial charge in [0.25, 0.3) is 0 Å². The zero-order valence-corrected chi connectivity index (χ0v) is 22.7. The predicted octanol–water partition coefficient (Wildman–Crippen LogP) is 3.63. The Labute approximate surface area is 211 Å². The van der Waals surface area contributed by atoms with Crippen molar-refractivity contribution in [1.82, 2.24) is 4.72 Å². The van der Waals surface area contributed by atoms with Crippen molar-refractivity contribution in [2.24, 2.45) is 17.3 Å². The molecular formula is C26H45NO7S. The van der Waals surface area contributed by atoms with Crippen LogP contribution in [-0.4, -0.2) is 55.1 Å². The molecule has 1 amide bonds. The number of carbonyl (C=O) groups is 2. The smallest absolute Gasteiger partial charge is 0.311 e. The van der Waals surface area contributed by atoms with Crippen LogP contribution in [0.5, 0.6) is 0 Å². The van der Waals surface area contributed by atoms with Gasteiger partial charge in [0.15, 0.2) is 0 Å². The molecule has 0 aromatic carbocycles. The number of unbranched alkanes of at least 4 members (excludes halogenated alkanes) is 3. The minimum atomic E-state index is -3.54. The molecule has 0 heterocycles. The number of aliphatic hydroxyl groups excluding tert-OH is 2. The van der Waals surface area contributed by atoms with Crippen LogP contribution in [-0.2, 0) is 24.3 Å². The molecule has 1 fully saturated rings. The summed E-state index contributed by atoms with van der Waals surface area (Å²) < 4.78 is 29.9. The van der Waals surface area contributed by atoms with Crippen molar-refractivity contribution in [2.45, 2.75) is 104 Å². The Morgan fingerprint density at radius 2 is 1.86 bits per heavy atom. The van der Waals surface area contributed by atoms with Gasteiger partial charge in [-0.25, -0.2) is 8.42 Å². The molecule has 0 unspecified atom stereocenters. The summed E-state index contributed by atoms with van der Waals surface area (Å²) in [6.07, 6.45) is 12.6. The number of ether oxygens (including phenoxy) is 1. The van der Waals surface area contributed by atoms with Crippen LogP contribution in [0.1, 0.15) is 85.5 Å². The summed E-state index contributed by atoms with van der Waals surface area (Å²) in [5.41, 5.74) is -0.653. The number of hydrogen-bond donors (Lipinski definition) is 3. The molecular weight excluding hydrogens is 470 g/mol. The first-order chi connectivity index (χ1) is 16.2. The second-order valence-corrected chi connectivity index (χ2v) is 12.3. The van der Waals surface area contributed by atoms with Gasteiger partial charge in [-0.3, -0.25) is 14.3 Å². The normalized spacial score (nSPS) is 24.2. The molecule has 0 aromatic heterocycles. The number of aliphatic hydroxyl groups is 2. The van der Waals surface area contributed by atoms with Gasteiger partial charge in [0.2, 0.25) is 15.9 Å². The summed E-state index contributed by atoms with van der Waals surface area (Å²) in [6.45, 7) is 7.48. The Kier molecular flexibility index (Phi) is 13.2. The molecule has 35 heavy (non-hydrogen) atoms. The monoisotopic (exact) mass is 515 g/mol. The Morgan fingerprint density at radius 3 is 2.46 bits per heavy atom. The zero-order valence-electron chi connectivity index (χ0n) is 21.9. The van der Waals surface area contributed by atoms with Gasteiger partial charge in [-0.05, 0) is 52.4 Å². The summed E-state index contributed by atoms with van der Waals surface area (Å²) in [5.74, 6) is -1.24. The molecule has 1 aliphatic rings. The SMILES string of the molecule is CCCCC[C@H](O)C=C[C@@H]1[C@@H](CC=CCCCC(=O)NS(C)(=O)=O)[C@@H](O)C[C@H]1OC(=O)C(C)(C)C. The van der Waals surface area contributed by atoms with Crippen LogP contribution in [0, 0.1) is 17.3 Å². The maximum atomic E-state index is 12.5. The number of carbonyl (C=O) groups excluding carboxylic acids is 2. The molecule has 1 aliphatic carbocycles. The summed E-state index contributed by atoms with van der Waals surface area (Å²) in [5, 5.41) is 21.1. The third-order valence-electron chi connectivity index (χ3n) is 6.07. The highest BCUT2D eigenvalue weighted by atomic mass is 32.2. The largest absolute Gasteiger partial charge is 0.461 e. The standard InChI is InChI=1S/C26H45NO7S/c1-6-7-10-13-19(28)16-17-21-20(22(29)18-23(21)34-25(31)26(2,3)4)14-11-8-9-12-15-24(30)27-35(5,32)33/h8,11,16-17,19-23,28-29H,6-7,9-10,12-15,18H2,1-5H3,(H,27,30)/t19-,20+,21+,22-,23+/m0/s1. The van der Waals surface area contributed by atoms with Crippen molar-refractivity contribution >= 4 is 21.9 Å². The van der Waals surface area contributed by atoms with Gasteiger partial charge in [0.1, 0.15) is 6.10 Å². The number of rotatable bonds is 14. The summed E-state index contributed by atoms with van der Waals surface area (Å²) in [7, 11) is -3.54. The van der Waals surface area contributed by atoms with Gasteiger partial charge in [-0.15, -0.1) is 0 Å². The highest BCUT2D eigenvalue weighted by Gasteiger charge is 2.43. The summed E-state index contributed by atoms with van der Waals surface area (Å²) in [6, 6.07) is 0. The molecule has 0 aromatic rings. The lowest BCUT2D eigenvalue weighted by atomic mass is 9.89. The third-order valence-corrected chi connectivity index (χ3v) is 6.67. The molecule has 9 heteroatoms. The minimum Gasteiger partial charge on any atom is -0.461 e. The second-order valence-electron chi connectivity index (χ2n) is 10.6. The number of esters is 1. The fourth-order valence-electron chi connectivity index (χ4n) is 4.09. The quantitative estimate of drug-likeness (QED) is 0.183. The van der Waals surface area contributed by atoms with E-state index in [4.69, 9.17) is 4.74 Å². The maximum absolute atomic E-state index is 12.5. The fourth-order valence-corrected chi connectivity index (χ4v) is 4.61. The molecule has 1 rings (SSSR count). The van der Waals surface area contributed by atoms with E-state index in [0.29, 0.717) is 32.1 Å². The number of amides is 1. The average Bonchev–Trinajstić information content (AvgIpc) is 3.01. The number of nitrogens with one attached hydrogen (secondary N) is 1. The van der Waals surface area contributed by atoms with E-state index >= 15 is 0 Å². The van der Waals surface area contributed by atoms with Crippen LogP contribution in [0.3, 0.4) is 0 Å². The lowest BCUT2D eigenvalue weighted by Crippen LogP contribution is -2.31. The Morgan fingerprint density at radius 1 is 1.17 bits per heavy atom. The van der Waals surface area contributed by atoms with Gasteiger partial charge in [0.05, 0.1) is 23.9 Å². The molecule has 1 saturated carbocycles. The van der Waals surface area contributed by atoms with E-state index in [2.05, 4.69) is 6.92 Å². The maximum Gasteiger partial charge on any atom is 0.311 e. The minimum absolute atomic E-state index is 0.107. The number of hydrogen-bond acceptors (Lipinski definition) is 7. The first-order valence-electron chi connectivity index (χ1n) is 12.7. The average molecular weight is 516 g/mol. The van der Waals surface area contributed by atoms with Gasteiger partial charge in [-0.1, -0.05) is 50.5 Å². The zero-order chi connectivity index (χ0) is 26.6. The first kappa shape index (κ1) is 31.3. The summed E-state index contributed by atoms with van der Waals surface area (Å²) in [4.78, 5) is 24.1. The molecule has 0 aliphatic heterocycles. The number of sulfonamides is 1. The van der Waals surface area contributed by atoms with Gasteiger partial charge >= 0.3 is 5.97 Å². The van der Waals surface area contributed by atoms with Gasteiger partial charge in [-0.2, -0.15) is 0 Å². The van der Waals surface area contributed by atoms with Crippen molar-refractivity contribution in [3.05, 3.63) is 24.3 Å². The van der Waals surface area contributed by atoms with Crippen molar-refractivity contribution < 1.29 is 33.0 Å².